The molecule has 1 amide bonds. The van der Waals surface area contributed by atoms with E-state index in [1.54, 1.807) is 7.11 Å². The highest BCUT2D eigenvalue weighted by Gasteiger charge is 2.20. The molecular formula is C29H32N4O5. The van der Waals surface area contributed by atoms with Gasteiger partial charge in [-0.25, -0.2) is 0 Å². The third-order valence-electron chi connectivity index (χ3n) is 7.00. The standard InChI is InChI=1S/C29H32N4O5/c1-5-32-19(3)21(29(35)33-28(32)17-23(31-33)22-8-6-7-9-24(22)36-4)11-13-27(34)30-18(2)20-10-12-25-26(16-20)38-15-14-37-25/h6-10,12,16-18H,5,11,13-15H2,1-4H3,(H,30,34). The van der Waals surface area contributed by atoms with Crippen molar-refractivity contribution in [1.29, 1.82) is 0 Å². The highest BCUT2D eigenvalue weighted by molar-refractivity contribution is 5.77. The number of amides is 1. The second kappa shape index (κ2) is 10.6. The van der Waals surface area contributed by atoms with Crippen molar-refractivity contribution in [2.75, 3.05) is 20.3 Å². The molecule has 0 saturated heterocycles. The van der Waals surface area contributed by atoms with Gasteiger partial charge in [0.1, 0.15) is 24.6 Å². The molecule has 0 saturated carbocycles. The first-order valence-corrected chi connectivity index (χ1v) is 12.9. The molecule has 0 bridgehead atoms. The molecule has 0 radical (unpaired) electrons. The van der Waals surface area contributed by atoms with Gasteiger partial charge in [0.15, 0.2) is 11.5 Å². The molecule has 198 valence electrons. The average molecular weight is 517 g/mol. The predicted molar refractivity (Wildman–Crippen MR) is 144 cm³/mol. The average Bonchev–Trinajstić information content (AvgIpc) is 3.38. The van der Waals surface area contributed by atoms with E-state index in [1.165, 1.54) is 4.52 Å². The van der Waals surface area contributed by atoms with E-state index in [1.807, 2.05) is 69.3 Å². The number of carbonyl (C=O) groups excluding carboxylic acids is 1. The molecule has 5 rings (SSSR count). The predicted octanol–water partition coefficient (Wildman–Crippen LogP) is 4.08. The van der Waals surface area contributed by atoms with Crippen LogP contribution in [0.15, 0.2) is 53.3 Å². The second-order valence-corrected chi connectivity index (χ2v) is 9.31. The summed E-state index contributed by atoms with van der Waals surface area (Å²) in [5, 5.41) is 7.67. The van der Waals surface area contributed by atoms with Gasteiger partial charge in [-0.15, -0.1) is 0 Å². The largest absolute Gasteiger partial charge is 0.496 e. The molecule has 2 aromatic heterocycles. The second-order valence-electron chi connectivity index (χ2n) is 9.31. The molecular weight excluding hydrogens is 484 g/mol. The van der Waals surface area contributed by atoms with E-state index >= 15 is 0 Å². The van der Waals surface area contributed by atoms with Crippen molar-refractivity contribution in [3.05, 3.63) is 75.7 Å². The number of nitrogens with zero attached hydrogens (tertiary/aromatic N) is 3. The van der Waals surface area contributed by atoms with Crippen LogP contribution in [0.3, 0.4) is 0 Å². The van der Waals surface area contributed by atoms with Crippen molar-refractivity contribution < 1.29 is 19.0 Å². The molecule has 1 N–H and O–H groups in total. The zero-order chi connectivity index (χ0) is 26.8. The number of rotatable bonds is 8. The normalized spacial score (nSPS) is 13.4. The van der Waals surface area contributed by atoms with Gasteiger partial charge in [0, 0.05) is 35.9 Å². The van der Waals surface area contributed by atoms with Crippen LogP contribution < -0.4 is 25.1 Å². The molecule has 4 aromatic rings. The van der Waals surface area contributed by atoms with Crippen molar-refractivity contribution >= 4 is 11.6 Å². The summed E-state index contributed by atoms with van der Waals surface area (Å²) >= 11 is 0. The third-order valence-corrected chi connectivity index (χ3v) is 7.00. The Balaban J connectivity index is 1.37. The molecule has 0 aliphatic carbocycles. The lowest BCUT2D eigenvalue weighted by Gasteiger charge is -2.21. The summed E-state index contributed by atoms with van der Waals surface area (Å²) in [6.45, 7) is 7.57. The summed E-state index contributed by atoms with van der Waals surface area (Å²) in [5.41, 5.74) is 4.30. The first-order chi connectivity index (χ1) is 18.4. The van der Waals surface area contributed by atoms with E-state index in [-0.39, 0.29) is 23.9 Å². The van der Waals surface area contributed by atoms with Crippen LogP contribution in [0.4, 0.5) is 0 Å². The minimum absolute atomic E-state index is 0.135. The van der Waals surface area contributed by atoms with Crippen molar-refractivity contribution in [2.45, 2.75) is 46.2 Å². The number of ether oxygens (including phenoxy) is 3. The number of methoxy groups -OCH3 is 1. The molecule has 1 aliphatic rings. The van der Waals surface area contributed by atoms with Crippen LogP contribution in [0.2, 0.25) is 0 Å². The summed E-state index contributed by atoms with van der Waals surface area (Å²) in [5.74, 6) is 1.95. The number of hydrogen-bond donors (Lipinski definition) is 1. The van der Waals surface area contributed by atoms with E-state index in [4.69, 9.17) is 14.2 Å². The lowest BCUT2D eigenvalue weighted by atomic mass is 10.1. The third kappa shape index (κ3) is 4.71. The molecule has 0 fully saturated rings. The first kappa shape index (κ1) is 25.4. The van der Waals surface area contributed by atoms with Crippen LogP contribution in [0.25, 0.3) is 16.9 Å². The Hall–Kier alpha value is -4.27. The summed E-state index contributed by atoms with van der Waals surface area (Å²) in [6, 6.07) is 15.0. The van der Waals surface area contributed by atoms with Gasteiger partial charge in [0.05, 0.1) is 18.8 Å². The highest BCUT2D eigenvalue weighted by atomic mass is 16.6. The van der Waals surface area contributed by atoms with Gasteiger partial charge in [0.25, 0.3) is 5.56 Å². The topological polar surface area (TPSA) is 96.1 Å². The van der Waals surface area contributed by atoms with Gasteiger partial charge >= 0.3 is 0 Å². The minimum atomic E-state index is -0.219. The zero-order valence-electron chi connectivity index (χ0n) is 22.1. The lowest BCUT2D eigenvalue weighted by Crippen LogP contribution is -2.29. The van der Waals surface area contributed by atoms with Gasteiger partial charge in [-0.1, -0.05) is 18.2 Å². The van der Waals surface area contributed by atoms with Crippen LogP contribution in [0, 0.1) is 6.92 Å². The fraction of sp³-hybridized carbons (Fsp3) is 0.345. The van der Waals surface area contributed by atoms with E-state index in [9.17, 15) is 9.59 Å². The quantitative estimate of drug-likeness (QED) is 0.379. The molecule has 2 aromatic carbocycles. The van der Waals surface area contributed by atoms with Crippen LogP contribution in [0.5, 0.6) is 17.2 Å². The summed E-state index contributed by atoms with van der Waals surface area (Å²) in [6.07, 6.45) is 0.491. The van der Waals surface area contributed by atoms with E-state index < -0.39 is 0 Å². The number of benzene rings is 2. The maximum Gasteiger partial charge on any atom is 0.277 e. The fourth-order valence-electron chi connectivity index (χ4n) is 4.97. The van der Waals surface area contributed by atoms with Crippen LogP contribution >= 0.6 is 0 Å². The lowest BCUT2D eigenvalue weighted by molar-refractivity contribution is -0.121. The Morgan fingerprint density at radius 2 is 1.89 bits per heavy atom. The molecule has 3 heterocycles. The molecule has 1 unspecified atom stereocenters. The van der Waals surface area contributed by atoms with Crippen LogP contribution in [-0.2, 0) is 17.8 Å². The van der Waals surface area contributed by atoms with Crippen molar-refractivity contribution in [1.82, 2.24) is 19.5 Å². The van der Waals surface area contributed by atoms with Crippen LogP contribution in [-0.4, -0.2) is 40.4 Å². The number of aryl methyl sites for hydroxylation is 1. The van der Waals surface area contributed by atoms with Crippen molar-refractivity contribution in [3.8, 4) is 28.5 Å². The summed E-state index contributed by atoms with van der Waals surface area (Å²) < 4.78 is 20.2. The number of para-hydroxylation sites is 1. The van der Waals surface area contributed by atoms with Crippen molar-refractivity contribution in [2.24, 2.45) is 0 Å². The Labute approximate surface area is 221 Å². The van der Waals surface area contributed by atoms with Gasteiger partial charge in [-0.2, -0.15) is 9.61 Å². The van der Waals surface area contributed by atoms with Gasteiger partial charge < -0.3 is 24.1 Å². The van der Waals surface area contributed by atoms with E-state index in [2.05, 4.69) is 15.0 Å². The molecule has 9 nitrogen and oxygen atoms in total. The van der Waals surface area contributed by atoms with E-state index in [0.29, 0.717) is 60.3 Å². The maximum atomic E-state index is 13.5. The Morgan fingerprint density at radius 3 is 2.66 bits per heavy atom. The monoisotopic (exact) mass is 516 g/mol. The summed E-state index contributed by atoms with van der Waals surface area (Å²) in [4.78, 5) is 26.4. The molecule has 1 atom stereocenters. The van der Waals surface area contributed by atoms with Crippen molar-refractivity contribution in [3.63, 3.8) is 0 Å². The number of hydrogen-bond acceptors (Lipinski definition) is 6. The molecule has 38 heavy (non-hydrogen) atoms. The SMILES string of the molecule is CCn1c(C)c(CCC(=O)NC(C)c2ccc3c(c2)OCCO3)c(=O)n2nc(-c3ccccc3OC)cc12. The zero-order valence-corrected chi connectivity index (χ0v) is 22.1. The number of nitrogens with one attached hydrogen (secondary N) is 1. The molecule has 1 aliphatic heterocycles. The Morgan fingerprint density at radius 1 is 1.13 bits per heavy atom. The van der Waals surface area contributed by atoms with Crippen LogP contribution in [0.1, 0.15) is 43.1 Å². The highest BCUT2D eigenvalue weighted by Crippen LogP contribution is 2.33. The Kier molecular flexibility index (Phi) is 7.09. The van der Waals surface area contributed by atoms with Gasteiger partial charge in [-0.05, 0) is 57.0 Å². The van der Waals surface area contributed by atoms with E-state index in [0.717, 1.165) is 16.8 Å². The smallest absolute Gasteiger partial charge is 0.277 e. The van der Waals surface area contributed by atoms with Gasteiger partial charge in [-0.3, -0.25) is 9.59 Å². The Bertz CT molecular complexity index is 1550. The molecule has 0 spiro atoms. The fourth-order valence-corrected chi connectivity index (χ4v) is 4.97. The number of aromatic nitrogens is 3. The summed E-state index contributed by atoms with van der Waals surface area (Å²) in [7, 11) is 1.61. The number of fused-ring (bicyclic) bond motifs is 2. The molecule has 9 heteroatoms. The maximum absolute atomic E-state index is 13.5. The first-order valence-electron chi connectivity index (χ1n) is 12.9. The van der Waals surface area contributed by atoms with Gasteiger partial charge in [0.2, 0.25) is 5.91 Å². The minimum Gasteiger partial charge on any atom is -0.496 e. The number of carbonyl (C=O) groups is 1.